The molecule has 0 saturated heterocycles. The number of nitrogens with zero attached hydrogens (tertiary/aromatic N) is 2. The fourth-order valence-electron chi connectivity index (χ4n) is 2.85. The lowest BCUT2D eigenvalue weighted by Gasteiger charge is -2.11. The maximum absolute atomic E-state index is 12.1. The van der Waals surface area contributed by atoms with Crippen molar-refractivity contribution >= 4 is 23.0 Å². The number of hydrogen-bond acceptors (Lipinski definition) is 6. The molecule has 25 heavy (non-hydrogen) atoms. The van der Waals surface area contributed by atoms with Crippen LogP contribution in [0.2, 0.25) is 0 Å². The molecule has 1 amide bonds. The summed E-state index contributed by atoms with van der Waals surface area (Å²) in [4.78, 5) is 12.1. The molecular weight excluding hydrogens is 320 g/mol. The van der Waals surface area contributed by atoms with Gasteiger partial charge < -0.3 is 20.5 Å². The highest BCUT2D eigenvalue weighted by Crippen LogP contribution is 2.36. The predicted molar refractivity (Wildman–Crippen MR) is 94.3 cm³/mol. The zero-order chi connectivity index (χ0) is 17.4. The summed E-state index contributed by atoms with van der Waals surface area (Å²) in [6, 6.07) is 11.1. The summed E-state index contributed by atoms with van der Waals surface area (Å²) >= 11 is 0. The van der Waals surface area contributed by atoms with Crippen molar-refractivity contribution in [2.75, 3.05) is 19.6 Å². The van der Waals surface area contributed by atoms with Crippen LogP contribution < -0.4 is 20.5 Å². The second-order valence-corrected chi connectivity index (χ2v) is 5.74. The summed E-state index contributed by atoms with van der Waals surface area (Å²) in [5.74, 6) is 1.06. The van der Waals surface area contributed by atoms with Crippen molar-refractivity contribution in [2.45, 2.75) is 6.42 Å². The van der Waals surface area contributed by atoms with Gasteiger partial charge in [0.1, 0.15) is 11.4 Å². The van der Waals surface area contributed by atoms with Crippen LogP contribution in [-0.2, 0) is 11.2 Å². The summed E-state index contributed by atoms with van der Waals surface area (Å²) < 4.78 is 11.0. The van der Waals surface area contributed by atoms with Crippen LogP contribution in [0.5, 0.6) is 11.5 Å². The van der Waals surface area contributed by atoms with Crippen molar-refractivity contribution in [1.82, 2.24) is 5.32 Å². The lowest BCUT2D eigenvalue weighted by Crippen LogP contribution is -2.28. The number of hydrogen-bond donors (Lipinski definition) is 2. The second kappa shape index (κ2) is 5.94. The van der Waals surface area contributed by atoms with Gasteiger partial charge in [-0.15, -0.1) is 10.2 Å². The van der Waals surface area contributed by atoms with Crippen molar-refractivity contribution < 1.29 is 14.3 Å². The Kier molecular flexibility index (Phi) is 3.61. The molecule has 2 heterocycles. The van der Waals surface area contributed by atoms with Crippen molar-refractivity contribution in [3.8, 4) is 11.5 Å². The van der Waals surface area contributed by atoms with E-state index in [0.29, 0.717) is 35.0 Å². The summed E-state index contributed by atoms with van der Waals surface area (Å²) in [6.07, 6.45) is 0.355. The van der Waals surface area contributed by atoms with Crippen molar-refractivity contribution in [2.24, 2.45) is 10.2 Å². The summed E-state index contributed by atoms with van der Waals surface area (Å²) in [6.45, 7) is 0.183. The van der Waals surface area contributed by atoms with Gasteiger partial charge in [0.25, 0.3) is 5.91 Å². The first kappa shape index (κ1) is 15.2. The lowest BCUT2D eigenvalue weighted by molar-refractivity contribution is -0.114. The predicted octanol–water partition coefficient (Wildman–Crippen LogP) is 1.49. The summed E-state index contributed by atoms with van der Waals surface area (Å²) in [7, 11) is 1.57. The van der Waals surface area contributed by atoms with Crippen LogP contribution in [-0.4, -0.2) is 31.2 Å². The van der Waals surface area contributed by atoms with E-state index in [-0.39, 0.29) is 12.7 Å². The summed E-state index contributed by atoms with van der Waals surface area (Å²) in [5, 5.41) is 11.1. The van der Waals surface area contributed by atoms with Gasteiger partial charge in [0.05, 0.1) is 0 Å². The van der Waals surface area contributed by atoms with Crippen LogP contribution in [0.15, 0.2) is 46.6 Å². The number of fused-ring (bicyclic) bond motifs is 2. The molecule has 4 rings (SSSR count). The quantitative estimate of drug-likeness (QED) is 0.812. The average molecular weight is 336 g/mol. The van der Waals surface area contributed by atoms with E-state index in [1.54, 1.807) is 19.2 Å². The fraction of sp³-hybridized carbons (Fsp3) is 0.167. The number of carbonyl (C=O) groups is 1. The molecule has 2 aliphatic rings. The van der Waals surface area contributed by atoms with Gasteiger partial charge in [-0.2, -0.15) is 0 Å². The third-order valence-electron chi connectivity index (χ3n) is 4.16. The van der Waals surface area contributed by atoms with E-state index >= 15 is 0 Å². The number of amides is 1. The number of benzene rings is 2. The molecular formula is C18H16N4O3. The van der Waals surface area contributed by atoms with Crippen LogP contribution >= 0.6 is 0 Å². The van der Waals surface area contributed by atoms with Gasteiger partial charge in [-0.3, -0.25) is 4.79 Å². The SMILES string of the molecule is CNC(=O)C1=NN=C(c2ccc(N)cc2)c2cc3c(cc2C1)OCO3. The number of nitrogen functional groups attached to an aromatic ring is 1. The normalized spacial score (nSPS) is 14.9. The third kappa shape index (κ3) is 2.69. The maximum atomic E-state index is 12.1. The fourth-order valence-corrected chi connectivity index (χ4v) is 2.85. The van der Waals surface area contributed by atoms with E-state index in [1.807, 2.05) is 24.3 Å². The minimum absolute atomic E-state index is 0.183. The third-order valence-corrected chi connectivity index (χ3v) is 4.16. The van der Waals surface area contributed by atoms with Crippen LogP contribution in [0.3, 0.4) is 0 Å². The first-order chi connectivity index (χ1) is 12.2. The molecule has 0 spiro atoms. The Morgan fingerprint density at radius 2 is 1.84 bits per heavy atom. The largest absolute Gasteiger partial charge is 0.454 e. The highest BCUT2D eigenvalue weighted by molar-refractivity contribution is 6.39. The van der Waals surface area contributed by atoms with Crippen molar-refractivity contribution in [3.05, 3.63) is 53.1 Å². The molecule has 0 radical (unpaired) electrons. The molecule has 0 unspecified atom stereocenters. The van der Waals surface area contributed by atoms with Gasteiger partial charge in [0.15, 0.2) is 11.5 Å². The standard InChI is InChI=1S/C18H16N4O3/c1-20-18(23)14-6-11-7-15-16(25-9-24-15)8-13(11)17(22-21-14)10-2-4-12(19)5-3-10/h2-5,7-8H,6,9,19H2,1H3,(H,20,23). The van der Waals surface area contributed by atoms with E-state index in [2.05, 4.69) is 15.5 Å². The number of carbonyl (C=O) groups excluding carboxylic acids is 1. The maximum Gasteiger partial charge on any atom is 0.267 e. The number of nitrogens with two attached hydrogens (primary N) is 1. The number of nitrogens with one attached hydrogen (secondary N) is 1. The van der Waals surface area contributed by atoms with E-state index in [0.717, 1.165) is 16.7 Å². The molecule has 2 aliphatic heterocycles. The Bertz CT molecular complexity index is 917. The Morgan fingerprint density at radius 3 is 2.56 bits per heavy atom. The minimum atomic E-state index is -0.258. The molecule has 2 aromatic carbocycles. The van der Waals surface area contributed by atoms with Crippen LogP contribution in [0.1, 0.15) is 16.7 Å². The zero-order valence-electron chi connectivity index (χ0n) is 13.6. The first-order valence-corrected chi connectivity index (χ1v) is 7.81. The van der Waals surface area contributed by atoms with Crippen LogP contribution in [0.4, 0.5) is 5.69 Å². The molecule has 0 bridgehead atoms. The van der Waals surface area contributed by atoms with Gasteiger partial charge in [0.2, 0.25) is 6.79 Å². The molecule has 3 N–H and O–H groups in total. The van der Waals surface area contributed by atoms with Crippen molar-refractivity contribution in [1.29, 1.82) is 0 Å². The van der Waals surface area contributed by atoms with Gasteiger partial charge in [-0.1, -0.05) is 12.1 Å². The Hall–Kier alpha value is -3.35. The zero-order valence-corrected chi connectivity index (χ0v) is 13.6. The molecule has 7 heteroatoms. The minimum Gasteiger partial charge on any atom is -0.454 e. The van der Waals surface area contributed by atoms with E-state index in [4.69, 9.17) is 15.2 Å². The topological polar surface area (TPSA) is 98.3 Å². The lowest BCUT2D eigenvalue weighted by atomic mass is 9.94. The van der Waals surface area contributed by atoms with Gasteiger partial charge >= 0.3 is 0 Å². The van der Waals surface area contributed by atoms with E-state index < -0.39 is 0 Å². The Balaban J connectivity index is 1.89. The highest BCUT2D eigenvalue weighted by atomic mass is 16.7. The van der Waals surface area contributed by atoms with Crippen molar-refractivity contribution in [3.63, 3.8) is 0 Å². The monoisotopic (exact) mass is 336 g/mol. The van der Waals surface area contributed by atoms with E-state index in [9.17, 15) is 4.79 Å². The molecule has 0 fully saturated rings. The van der Waals surface area contributed by atoms with Gasteiger partial charge in [0, 0.05) is 30.3 Å². The van der Waals surface area contributed by atoms with Crippen LogP contribution in [0, 0.1) is 0 Å². The molecule has 0 saturated carbocycles. The Morgan fingerprint density at radius 1 is 1.12 bits per heavy atom. The highest BCUT2D eigenvalue weighted by Gasteiger charge is 2.25. The molecule has 0 aliphatic carbocycles. The average Bonchev–Trinajstić information content (AvgIpc) is 3.00. The molecule has 0 atom stereocenters. The molecule has 126 valence electrons. The number of rotatable bonds is 2. The number of anilines is 1. The van der Waals surface area contributed by atoms with Gasteiger partial charge in [-0.25, -0.2) is 0 Å². The number of ether oxygens (including phenoxy) is 2. The molecule has 0 aromatic heterocycles. The van der Waals surface area contributed by atoms with Gasteiger partial charge in [-0.05, 0) is 29.8 Å². The molecule has 2 aromatic rings. The molecule has 7 nitrogen and oxygen atoms in total. The first-order valence-electron chi connectivity index (χ1n) is 7.81. The van der Waals surface area contributed by atoms with Crippen LogP contribution in [0.25, 0.3) is 0 Å². The smallest absolute Gasteiger partial charge is 0.267 e. The summed E-state index contributed by atoms with van der Waals surface area (Å²) in [5.41, 5.74) is 10.1. The Labute approximate surface area is 144 Å². The second-order valence-electron chi connectivity index (χ2n) is 5.74. The van der Waals surface area contributed by atoms with E-state index in [1.165, 1.54) is 0 Å².